The number of methoxy groups -OCH3 is 1. The molecule has 1 rings (SSSR count). The van der Waals surface area contributed by atoms with E-state index >= 15 is 0 Å². The maximum atomic E-state index is 10.8. The summed E-state index contributed by atoms with van der Waals surface area (Å²) in [7, 11) is 1.40. The van der Waals surface area contributed by atoms with Crippen LogP contribution in [0, 0.1) is 5.92 Å². The second-order valence-corrected chi connectivity index (χ2v) is 3.92. The monoisotopic (exact) mass is 251 g/mol. The average molecular weight is 252 g/mol. The van der Waals surface area contributed by atoms with Crippen molar-refractivity contribution in [2.24, 2.45) is 5.92 Å². The van der Waals surface area contributed by atoms with Crippen LogP contribution in [0.15, 0.2) is 0 Å². The van der Waals surface area contributed by atoms with E-state index < -0.39 is 0 Å². The van der Waals surface area contributed by atoms with Crippen molar-refractivity contribution in [1.82, 2.24) is 5.32 Å². The van der Waals surface area contributed by atoms with Gasteiger partial charge in [0.1, 0.15) is 0 Å². The van der Waals surface area contributed by atoms with Gasteiger partial charge in [0, 0.05) is 6.61 Å². The maximum absolute atomic E-state index is 10.8. The fourth-order valence-electron chi connectivity index (χ4n) is 1.78. The van der Waals surface area contributed by atoms with Crippen molar-refractivity contribution in [3.8, 4) is 0 Å². The second-order valence-electron chi connectivity index (χ2n) is 3.92. The van der Waals surface area contributed by atoms with Gasteiger partial charge in [-0.05, 0) is 38.3 Å². The summed E-state index contributed by atoms with van der Waals surface area (Å²) < 4.78 is 9.91. The fourth-order valence-corrected chi connectivity index (χ4v) is 1.78. The highest BCUT2D eigenvalue weighted by atomic mass is 35.5. The molecular weight excluding hydrogens is 230 g/mol. The van der Waals surface area contributed by atoms with Crippen molar-refractivity contribution in [3.63, 3.8) is 0 Å². The van der Waals surface area contributed by atoms with Gasteiger partial charge in [-0.2, -0.15) is 0 Å². The van der Waals surface area contributed by atoms with Crippen LogP contribution >= 0.6 is 12.4 Å². The summed E-state index contributed by atoms with van der Waals surface area (Å²) >= 11 is 0. The number of esters is 1. The van der Waals surface area contributed by atoms with E-state index in [-0.39, 0.29) is 18.4 Å². The molecule has 0 amide bonds. The largest absolute Gasteiger partial charge is 0.469 e. The molecule has 1 saturated heterocycles. The van der Waals surface area contributed by atoms with E-state index in [4.69, 9.17) is 4.74 Å². The third kappa shape index (κ3) is 7.04. The summed E-state index contributed by atoms with van der Waals surface area (Å²) in [5.41, 5.74) is 0. The zero-order valence-electron chi connectivity index (χ0n) is 9.87. The van der Waals surface area contributed by atoms with Gasteiger partial charge < -0.3 is 14.8 Å². The quantitative estimate of drug-likeness (QED) is 0.572. The first-order chi connectivity index (χ1) is 7.33. The van der Waals surface area contributed by atoms with Gasteiger partial charge in [0.25, 0.3) is 0 Å². The first-order valence-electron chi connectivity index (χ1n) is 5.68. The number of nitrogens with one attached hydrogen (secondary N) is 1. The molecule has 1 aliphatic heterocycles. The molecular formula is C11H22ClNO3. The molecule has 0 aromatic carbocycles. The summed E-state index contributed by atoms with van der Waals surface area (Å²) in [6.45, 7) is 3.51. The predicted octanol–water partition coefficient (Wildman–Crippen LogP) is 1.38. The Morgan fingerprint density at radius 1 is 1.31 bits per heavy atom. The number of rotatable bonds is 6. The highest BCUT2D eigenvalue weighted by Crippen LogP contribution is 2.15. The molecule has 0 bridgehead atoms. The Bertz CT molecular complexity index is 184. The van der Waals surface area contributed by atoms with Gasteiger partial charge >= 0.3 is 5.97 Å². The van der Waals surface area contributed by atoms with E-state index in [1.807, 2.05) is 0 Å². The van der Waals surface area contributed by atoms with Crippen LogP contribution in [0.5, 0.6) is 0 Å². The Labute approximate surface area is 103 Å². The normalized spacial score (nSPS) is 16.6. The molecule has 4 nitrogen and oxygen atoms in total. The molecule has 0 aromatic rings. The molecule has 0 spiro atoms. The zero-order chi connectivity index (χ0) is 10.9. The standard InChI is InChI=1S/C11H21NO3.ClH/c1-14-11(13)5-9-15-8-4-10-2-6-12-7-3-10;/h10,12H,2-9H2,1H3;1H. The van der Waals surface area contributed by atoms with E-state index in [2.05, 4.69) is 10.1 Å². The van der Waals surface area contributed by atoms with E-state index in [9.17, 15) is 4.79 Å². The van der Waals surface area contributed by atoms with Crippen molar-refractivity contribution in [2.75, 3.05) is 33.4 Å². The minimum absolute atomic E-state index is 0. The smallest absolute Gasteiger partial charge is 0.307 e. The van der Waals surface area contributed by atoms with E-state index in [1.54, 1.807) is 0 Å². The van der Waals surface area contributed by atoms with Gasteiger partial charge in [0.05, 0.1) is 20.1 Å². The Balaban J connectivity index is 0.00000225. The molecule has 1 heterocycles. The Morgan fingerprint density at radius 3 is 2.62 bits per heavy atom. The van der Waals surface area contributed by atoms with Crippen molar-refractivity contribution >= 4 is 18.4 Å². The third-order valence-corrected chi connectivity index (χ3v) is 2.81. The van der Waals surface area contributed by atoms with Crippen LogP contribution in [-0.4, -0.2) is 39.4 Å². The van der Waals surface area contributed by atoms with Crippen LogP contribution in [0.25, 0.3) is 0 Å². The number of hydrogen-bond acceptors (Lipinski definition) is 4. The topological polar surface area (TPSA) is 47.6 Å². The zero-order valence-corrected chi connectivity index (χ0v) is 10.7. The number of carbonyl (C=O) groups is 1. The molecule has 1 fully saturated rings. The summed E-state index contributed by atoms with van der Waals surface area (Å²) in [5, 5.41) is 3.34. The number of halogens is 1. The van der Waals surface area contributed by atoms with Crippen molar-refractivity contribution in [3.05, 3.63) is 0 Å². The van der Waals surface area contributed by atoms with E-state index in [1.165, 1.54) is 20.0 Å². The van der Waals surface area contributed by atoms with Crippen molar-refractivity contribution in [1.29, 1.82) is 0 Å². The van der Waals surface area contributed by atoms with E-state index in [0.717, 1.165) is 32.0 Å². The van der Waals surface area contributed by atoms with Crippen molar-refractivity contribution < 1.29 is 14.3 Å². The fraction of sp³-hybridized carbons (Fsp3) is 0.909. The molecule has 5 heteroatoms. The molecule has 1 N–H and O–H groups in total. The van der Waals surface area contributed by atoms with Gasteiger partial charge in [-0.3, -0.25) is 4.79 Å². The van der Waals surface area contributed by atoms with Crippen molar-refractivity contribution in [2.45, 2.75) is 25.7 Å². The summed E-state index contributed by atoms with van der Waals surface area (Å²) in [6.07, 6.45) is 3.98. The molecule has 0 atom stereocenters. The second kappa shape index (κ2) is 9.87. The van der Waals surface area contributed by atoms with Crippen LogP contribution in [-0.2, 0) is 14.3 Å². The Morgan fingerprint density at radius 2 is 2.00 bits per heavy atom. The number of carbonyl (C=O) groups excluding carboxylic acids is 1. The first kappa shape index (κ1) is 15.7. The summed E-state index contributed by atoms with van der Waals surface area (Å²) in [4.78, 5) is 10.8. The number of ether oxygens (including phenoxy) is 2. The van der Waals surface area contributed by atoms with Gasteiger partial charge in [-0.1, -0.05) is 0 Å². The van der Waals surface area contributed by atoms with E-state index in [0.29, 0.717) is 13.0 Å². The molecule has 0 aromatic heterocycles. The minimum atomic E-state index is -0.197. The van der Waals surface area contributed by atoms with Gasteiger partial charge in [-0.25, -0.2) is 0 Å². The summed E-state index contributed by atoms with van der Waals surface area (Å²) in [5.74, 6) is 0.598. The molecule has 0 saturated carbocycles. The molecule has 0 unspecified atom stereocenters. The predicted molar refractivity (Wildman–Crippen MR) is 64.9 cm³/mol. The average Bonchev–Trinajstić information content (AvgIpc) is 2.29. The number of piperidine rings is 1. The third-order valence-electron chi connectivity index (χ3n) is 2.81. The Hall–Kier alpha value is -0.320. The van der Waals surface area contributed by atoms with Gasteiger partial charge in [0.2, 0.25) is 0 Å². The van der Waals surface area contributed by atoms with Crippen LogP contribution in [0.4, 0.5) is 0 Å². The molecule has 0 radical (unpaired) electrons. The molecule has 0 aliphatic carbocycles. The lowest BCUT2D eigenvalue weighted by Gasteiger charge is -2.22. The molecule has 16 heavy (non-hydrogen) atoms. The molecule has 96 valence electrons. The Kier molecular flexibility index (Phi) is 9.68. The van der Waals surface area contributed by atoms with Crippen LogP contribution in [0.2, 0.25) is 0 Å². The van der Waals surface area contributed by atoms with Gasteiger partial charge in [-0.15, -0.1) is 12.4 Å². The van der Waals surface area contributed by atoms with Crippen LogP contribution in [0.1, 0.15) is 25.7 Å². The minimum Gasteiger partial charge on any atom is -0.469 e. The van der Waals surface area contributed by atoms with Crippen LogP contribution < -0.4 is 5.32 Å². The highest BCUT2D eigenvalue weighted by Gasteiger charge is 2.12. The van der Waals surface area contributed by atoms with Gasteiger partial charge in [0.15, 0.2) is 0 Å². The highest BCUT2D eigenvalue weighted by molar-refractivity contribution is 5.85. The van der Waals surface area contributed by atoms with Crippen LogP contribution in [0.3, 0.4) is 0 Å². The lowest BCUT2D eigenvalue weighted by molar-refractivity contribution is -0.141. The number of hydrogen-bond donors (Lipinski definition) is 1. The lowest BCUT2D eigenvalue weighted by atomic mass is 9.95. The summed E-state index contributed by atoms with van der Waals surface area (Å²) in [6, 6.07) is 0. The maximum Gasteiger partial charge on any atom is 0.307 e. The lowest BCUT2D eigenvalue weighted by Crippen LogP contribution is -2.28. The SMILES string of the molecule is COC(=O)CCOCCC1CCNCC1.Cl. The first-order valence-corrected chi connectivity index (χ1v) is 5.68. The molecule has 1 aliphatic rings.